The number of hydrogen-bond acceptors (Lipinski definition) is 2. The standard InChI is InChI=1S/C17H19F2NO/c1-2-21-17(12-6-4-3-5-7-12)16(20)10-13-8-9-14(18)11-15(13)19/h3-9,11,16-17H,2,10,20H2,1H3. The predicted molar refractivity (Wildman–Crippen MR) is 78.8 cm³/mol. The summed E-state index contributed by atoms with van der Waals surface area (Å²) >= 11 is 0. The minimum absolute atomic E-state index is 0.283. The van der Waals surface area contributed by atoms with Gasteiger partial charge in [-0.3, -0.25) is 0 Å². The van der Waals surface area contributed by atoms with E-state index in [-0.39, 0.29) is 12.5 Å². The minimum atomic E-state index is -0.589. The lowest BCUT2D eigenvalue weighted by molar-refractivity contribution is 0.0431. The molecule has 4 heteroatoms. The Bertz CT molecular complexity index is 574. The summed E-state index contributed by atoms with van der Waals surface area (Å²) in [6.07, 6.45) is -0.0354. The molecule has 0 aliphatic heterocycles. The van der Waals surface area contributed by atoms with Crippen molar-refractivity contribution in [3.05, 3.63) is 71.3 Å². The molecule has 0 bridgehead atoms. The Morgan fingerprint density at radius 2 is 1.81 bits per heavy atom. The summed E-state index contributed by atoms with van der Waals surface area (Å²) in [6, 6.07) is 12.7. The Hall–Kier alpha value is -1.78. The van der Waals surface area contributed by atoms with Crippen LogP contribution in [-0.4, -0.2) is 12.6 Å². The second kappa shape index (κ2) is 7.29. The van der Waals surface area contributed by atoms with Gasteiger partial charge in [0.1, 0.15) is 11.6 Å². The third kappa shape index (κ3) is 4.09. The predicted octanol–water partition coefficient (Wildman–Crippen LogP) is 3.61. The van der Waals surface area contributed by atoms with E-state index in [4.69, 9.17) is 10.5 Å². The SMILES string of the molecule is CCOC(c1ccccc1)C(N)Cc1ccc(F)cc1F. The number of halogens is 2. The molecule has 0 radical (unpaired) electrons. The van der Waals surface area contributed by atoms with Gasteiger partial charge in [0.15, 0.2) is 0 Å². The maximum absolute atomic E-state index is 13.7. The van der Waals surface area contributed by atoms with Crippen molar-refractivity contribution in [1.82, 2.24) is 0 Å². The van der Waals surface area contributed by atoms with Crippen molar-refractivity contribution < 1.29 is 13.5 Å². The van der Waals surface area contributed by atoms with Crippen LogP contribution in [0.5, 0.6) is 0 Å². The highest BCUT2D eigenvalue weighted by Gasteiger charge is 2.21. The van der Waals surface area contributed by atoms with Crippen LogP contribution < -0.4 is 5.73 Å². The summed E-state index contributed by atoms with van der Waals surface area (Å²) in [7, 11) is 0. The highest BCUT2D eigenvalue weighted by atomic mass is 19.1. The van der Waals surface area contributed by atoms with Crippen LogP contribution in [0.2, 0.25) is 0 Å². The molecule has 0 saturated heterocycles. The van der Waals surface area contributed by atoms with E-state index in [0.29, 0.717) is 12.2 Å². The van der Waals surface area contributed by atoms with E-state index in [1.54, 1.807) is 0 Å². The maximum atomic E-state index is 13.7. The molecule has 2 rings (SSSR count). The van der Waals surface area contributed by atoms with Gasteiger partial charge in [-0.05, 0) is 30.5 Å². The first-order chi connectivity index (χ1) is 10.1. The van der Waals surface area contributed by atoms with E-state index in [2.05, 4.69) is 0 Å². The van der Waals surface area contributed by atoms with Crippen LogP contribution in [-0.2, 0) is 11.2 Å². The van der Waals surface area contributed by atoms with Crippen molar-refractivity contribution in [2.75, 3.05) is 6.61 Å². The summed E-state index contributed by atoms with van der Waals surface area (Å²) < 4.78 is 32.4. The van der Waals surface area contributed by atoms with E-state index >= 15 is 0 Å². The van der Waals surface area contributed by atoms with Crippen molar-refractivity contribution in [2.24, 2.45) is 5.73 Å². The maximum Gasteiger partial charge on any atom is 0.129 e. The first-order valence-corrected chi connectivity index (χ1v) is 6.98. The van der Waals surface area contributed by atoms with E-state index < -0.39 is 17.7 Å². The van der Waals surface area contributed by atoms with Crippen molar-refractivity contribution in [3.63, 3.8) is 0 Å². The largest absolute Gasteiger partial charge is 0.372 e. The van der Waals surface area contributed by atoms with Crippen LogP contribution in [0.25, 0.3) is 0 Å². The van der Waals surface area contributed by atoms with Gasteiger partial charge in [0.25, 0.3) is 0 Å². The van der Waals surface area contributed by atoms with Gasteiger partial charge in [-0.2, -0.15) is 0 Å². The fraction of sp³-hybridized carbons (Fsp3) is 0.294. The first-order valence-electron chi connectivity index (χ1n) is 6.98. The molecule has 2 aromatic rings. The van der Waals surface area contributed by atoms with E-state index in [1.165, 1.54) is 12.1 Å². The van der Waals surface area contributed by atoms with Gasteiger partial charge < -0.3 is 10.5 Å². The van der Waals surface area contributed by atoms with Crippen LogP contribution in [0.1, 0.15) is 24.2 Å². The van der Waals surface area contributed by atoms with Gasteiger partial charge in [-0.25, -0.2) is 8.78 Å². The van der Waals surface area contributed by atoms with Crippen LogP contribution in [0.3, 0.4) is 0 Å². The molecule has 0 fully saturated rings. The summed E-state index contributed by atoms with van der Waals surface area (Å²) in [5.74, 6) is -1.16. The summed E-state index contributed by atoms with van der Waals surface area (Å²) in [6.45, 7) is 2.40. The lowest BCUT2D eigenvalue weighted by atomic mass is 9.96. The van der Waals surface area contributed by atoms with Crippen LogP contribution in [0.4, 0.5) is 8.78 Å². The second-order valence-corrected chi connectivity index (χ2v) is 4.89. The molecule has 2 aromatic carbocycles. The Morgan fingerprint density at radius 1 is 1.10 bits per heavy atom. The minimum Gasteiger partial charge on any atom is -0.372 e. The Balaban J connectivity index is 2.17. The van der Waals surface area contributed by atoms with Crippen molar-refractivity contribution in [3.8, 4) is 0 Å². The van der Waals surface area contributed by atoms with Crippen LogP contribution >= 0.6 is 0 Å². The zero-order chi connectivity index (χ0) is 15.2. The average Bonchev–Trinajstić information content (AvgIpc) is 2.48. The molecule has 0 aliphatic carbocycles. The molecule has 2 nitrogen and oxygen atoms in total. The molecule has 0 aliphatic rings. The topological polar surface area (TPSA) is 35.2 Å². The number of rotatable bonds is 6. The molecule has 21 heavy (non-hydrogen) atoms. The van der Waals surface area contributed by atoms with E-state index in [0.717, 1.165) is 11.6 Å². The first kappa shape index (κ1) is 15.6. The van der Waals surface area contributed by atoms with Crippen molar-refractivity contribution in [1.29, 1.82) is 0 Å². The summed E-state index contributed by atoms with van der Waals surface area (Å²) in [5, 5.41) is 0. The zero-order valence-corrected chi connectivity index (χ0v) is 11.9. The lowest BCUT2D eigenvalue weighted by Crippen LogP contribution is -2.32. The van der Waals surface area contributed by atoms with Gasteiger partial charge in [0.05, 0.1) is 6.10 Å². The zero-order valence-electron chi connectivity index (χ0n) is 11.9. The number of nitrogens with two attached hydrogens (primary N) is 1. The molecule has 2 atom stereocenters. The highest BCUT2D eigenvalue weighted by Crippen LogP contribution is 2.23. The molecule has 0 aromatic heterocycles. The second-order valence-electron chi connectivity index (χ2n) is 4.89. The third-order valence-corrected chi connectivity index (χ3v) is 3.33. The third-order valence-electron chi connectivity index (χ3n) is 3.33. The van der Waals surface area contributed by atoms with E-state index in [1.807, 2.05) is 37.3 Å². The Morgan fingerprint density at radius 3 is 2.43 bits per heavy atom. The van der Waals surface area contributed by atoms with E-state index in [9.17, 15) is 8.78 Å². The molecular weight excluding hydrogens is 272 g/mol. The number of ether oxygens (including phenoxy) is 1. The van der Waals surface area contributed by atoms with Crippen molar-refractivity contribution >= 4 is 0 Å². The highest BCUT2D eigenvalue weighted by molar-refractivity contribution is 5.23. The monoisotopic (exact) mass is 291 g/mol. The lowest BCUT2D eigenvalue weighted by Gasteiger charge is -2.24. The van der Waals surface area contributed by atoms with Crippen LogP contribution in [0.15, 0.2) is 48.5 Å². The summed E-state index contributed by atoms with van der Waals surface area (Å²) in [4.78, 5) is 0. The van der Waals surface area contributed by atoms with Gasteiger partial charge in [0, 0.05) is 18.7 Å². The fourth-order valence-corrected chi connectivity index (χ4v) is 2.34. The van der Waals surface area contributed by atoms with Gasteiger partial charge in [-0.15, -0.1) is 0 Å². The number of hydrogen-bond donors (Lipinski definition) is 1. The smallest absolute Gasteiger partial charge is 0.129 e. The van der Waals surface area contributed by atoms with Crippen LogP contribution in [0, 0.1) is 11.6 Å². The summed E-state index contributed by atoms with van der Waals surface area (Å²) in [5.41, 5.74) is 7.54. The molecule has 112 valence electrons. The molecule has 2 unspecified atom stereocenters. The number of benzene rings is 2. The van der Waals surface area contributed by atoms with Gasteiger partial charge >= 0.3 is 0 Å². The van der Waals surface area contributed by atoms with Gasteiger partial charge in [-0.1, -0.05) is 36.4 Å². The van der Waals surface area contributed by atoms with Gasteiger partial charge in [0.2, 0.25) is 0 Å². The molecular formula is C17H19F2NO. The average molecular weight is 291 g/mol. The molecule has 0 saturated carbocycles. The van der Waals surface area contributed by atoms with Crippen molar-refractivity contribution in [2.45, 2.75) is 25.5 Å². The molecule has 0 heterocycles. The Kier molecular flexibility index (Phi) is 5.42. The normalized spacial score (nSPS) is 13.9. The quantitative estimate of drug-likeness (QED) is 0.882. The molecule has 2 N–H and O–H groups in total. The Labute approximate surface area is 123 Å². The fourth-order valence-electron chi connectivity index (χ4n) is 2.34. The molecule has 0 amide bonds. The molecule has 0 spiro atoms.